The van der Waals surface area contributed by atoms with Crippen molar-refractivity contribution in [3.05, 3.63) is 20.3 Å². The van der Waals surface area contributed by atoms with Gasteiger partial charge in [-0.25, -0.2) is 0 Å². The number of hydrogen-bond acceptors (Lipinski definition) is 3. The number of carbonyl (C=O) groups is 1. The van der Waals surface area contributed by atoms with Crippen LogP contribution in [-0.4, -0.2) is 11.9 Å². The quantitative estimate of drug-likeness (QED) is 0.876. The largest absolute Gasteiger partial charge is 0.368 e. The third kappa shape index (κ3) is 3.85. The molecule has 0 aliphatic rings. The van der Waals surface area contributed by atoms with Gasteiger partial charge in [-0.3, -0.25) is 10.1 Å². The molecule has 3 nitrogen and oxygen atoms in total. The van der Waals surface area contributed by atoms with Crippen molar-refractivity contribution in [1.82, 2.24) is 5.32 Å². The summed E-state index contributed by atoms with van der Waals surface area (Å²) in [4.78, 5) is 11.3. The molecule has 0 aliphatic carbocycles. The second-order valence-electron chi connectivity index (χ2n) is 4.29. The number of nitrogens with two attached hydrogens (primary N) is 1. The molecule has 1 rings (SSSR count). The highest BCUT2D eigenvalue weighted by atomic mass is 35.5. The van der Waals surface area contributed by atoms with Crippen molar-refractivity contribution in [1.29, 1.82) is 0 Å². The number of primary amides is 1. The molecular weight excluding hydrogens is 279 g/mol. The molecule has 0 bridgehead atoms. The van der Waals surface area contributed by atoms with Crippen LogP contribution < -0.4 is 11.1 Å². The Kier molecular flexibility index (Phi) is 5.25. The lowest BCUT2D eigenvalue weighted by Crippen LogP contribution is -2.45. The molecule has 1 amide bonds. The van der Waals surface area contributed by atoms with Gasteiger partial charge in [0.15, 0.2) is 0 Å². The van der Waals surface area contributed by atoms with Gasteiger partial charge >= 0.3 is 0 Å². The van der Waals surface area contributed by atoms with Crippen LogP contribution in [0.25, 0.3) is 0 Å². The molecule has 0 aliphatic heterocycles. The summed E-state index contributed by atoms with van der Waals surface area (Å²) in [6, 6.07) is 1.37. The molecule has 0 saturated heterocycles. The molecular formula is C11H16Cl2N2OS. The van der Waals surface area contributed by atoms with E-state index in [-0.39, 0.29) is 23.9 Å². The van der Waals surface area contributed by atoms with E-state index in [9.17, 15) is 4.79 Å². The van der Waals surface area contributed by atoms with Gasteiger partial charge in [-0.1, -0.05) is 37.0 Å². The van der Waals surface area contributed by atoms with Gasteiger partial charge in [-0.05, 0) is 24.5 Å². The number of halogens is 2. The van der Waals surface area contributed by atoms with Crippen molar-refractivity contribution in [2.24, 2.45) is 11.7 Å². The predicted octanol–water partition coefficient (Wildman–Crippen LogP) is 3.22. The summed E-state index contributed by atoms with van der Waals surface area (Å²) in [7, 11) is 0. The second kappa shape index (κ2) is 6.05. The first-order chi connectivity index (χ1) is 7.82. The Balaban J connectivity index is 2.80. The van der Waals surface area contributed by atoms with Crippen LogP contribution in [0.15, 0.2) is 6.07 Å². The van der Waals surface area contributed by atoms with Crippen LogP contribution in [0.1, 0.15) is 32.4 Å². The highest BCUT2D eigenvalue weighted by Gasteiger charge is 2.23. The van der Waals surface area contributed by atoms with Crippen LogP contribution in [0.5, 0.6) is 0 Å². The molecule has 3 N–H and O–H groups in total. The SMILES string of the molecule is CC(NC(C(N)=O)C(C)C)c1cc(Cl)sc1Cl. The Bertz CT molecular complexity index is 406. The van der Waals surface area contributed by atoms with E-state index >= 15 is 0 Å². The summed E-state index contributed by atoms with van der Waals surface area (Å²) in [6.07, 6.45) is 0. The molecule has 2 atom stereocenters. The smallest absolute Gasteiger partial charge is 0.234 e. The minimum atomic E-state index is -0.375. The number of thiophene rings is 1. The molecule has 1 heterocycles. The van der Waals surface area contributed by atoms with Crippen molar-refractivity contribution in [2.75, 3.05) is 0 Å². The zero-order valence-electron chi connectivity index (χ0n) is 9.96. The van der Waals surface area contributed by atoms with Crippen molar-refractivity contribution in [3.63, 3.8) is 0 Å². The van der Waals surface area contributed by atoms with Gasteiger partial charge in [-0.15, -0.1) is 11.3 Å². The van der Waals surface area contributed by atoms with E-state index in [1.165, 1.54) is 11.3 Å². The van der Waals surface area contributed by atoms with Crippen LogP contribution in [0.2, 0.25) is 8.67 Å². The van der Waals surface area contributed by atoms with E-state index in [0.29, 0.717) is 8.67 Å². The first-order valence-electron chi connectivity index (χ1n) is 5.33. The summed E-state index contributed by atoms with van der Waals surface area (Å²) in [5, 5.41) is 3.18. The maximum atomic E-state index is 11.3. The zero-order chi connectivity index (χ0) is 13.2. The standard InChI is InChI=1S/C11H16Cl2N2OS/c1-5(2)9(11(14)16)15-6(3)7-4-8(12)17-10(7)13/h4-6,9,15H,1-3H3,(H2,14,16). The van der Waals surface area contributed by atoms with E-state index in [4.69, 9.17) is 28.9 Å². The van der Waals surface area contributed by atoms with Crippen LogP contribution in [0.4, 0.5) is 0 Å². The minimum absolute atomic E-state index is 0.0638. The molecule has 0 fully saturated rings. The number of amides is 1. The maximum absolute atomic E-state index is 11.3. The number of nitrogens with one attached hydrogen (secondary N) is 1. The molecule has 0 spiro atoms. The van der Waals surface area contributed by atoms with Crippen molar-refractivity contribution in [2.45, 2.75) is 32.9 Å². The molecule has 1 aromatic heterocycles. The summed E-state index contributed by atoms with van der Waals surface area (Å²) < 4.78 is 1.28. The molecule has 0 saturated carbocycles. The highest BCUT2D eigenvalue weighted by Crippen LogP contribution is 2.35. The van der Waals surface area contributed by atoms with Gasteiger partial charge in [0.1, 0.15) is 0 Å². The Morgan fingerprint density at radius 1 is 1.41 bits per heavy atom. The van der Waals surface area contributed by atoms with Gasteiger partial charge in [0.05, 0.1) is 14.7 Å². The van der Waals surface area contributed by atoms with E-state index in [0.717, 1.165) is 5.56 Å². The van der Waals surface area contributed by atoms with E-state index < -0.39 is 0 Å². The fourth-order valence-electron chi connectivity index (χ4n) is 1.61. The summed E-state index contributed by atoms with van der Waals surface area (Å²) >= 11 is 13.3. The molecule has 6 heteroatoms. The van der Waals surface area contributed by atoms with Gasteiger partial charge < -0.3 is 5.73 Å². The summed E-state index contributed by atoms with van der Waals surface area (Å²) in [5.74, 6) is -0.230. The Morgan fingerprint density at radius 3 is 2.35 bits per heavy atom. The Morgan fingerprint density at radius 2 is 2.00 bits per heavy atom. The maximum Gasteiger partial charge on any atom is 0.234 e. The average molecular weight is 295 g/mol. The number of hydrogen-bond donors (Lipinski definition) is 2. The number of rotatable bonds is 5. The fourth-order valence-corrected chi connectivity index (χ4v) is 3.26. The van der Waals surface area contributed by atoms with Crippen LogP contribution in [0, 0.1) is 5.92 Å². The van der Waals surface area contributed by atoms with E-state index in [1.54, 1.807) is 0 Å². The van der Waals surface area contributed by atoms with Gasteiger partial charge in [-0.2, -0.15) is 0 Å². The van der Waals surface area contributed by atoms with Crippen molar-refractivity contribution in [3.8, 4) is 0 Å². The predicted molar refractivity (Wildman–Crippen MR) is 73.7 cm³/mol. The van der Waals surface area contributed by atoms with Gasteiger partial charge in [0, 0.05) is 6.04 Å². The van der Waals surface area contributed by atoms with Crippen LogP contribution in [0.3, 0.4) is 0 Å². The Labute approximate surface area is 115 Å². The molecule has 96 valence electrons. The van der Waals surface area contributed by atoms with Gasteiger partial charge in [0.2, 0.25) is 5.91 Å². The minimum Gasteiger partial charge on any atom is -0.368 e. The second-order valence-corrected chi connectivity index (χ2v) is 6.58. The van der Waals surface area contributed by atoms with E-state index in [1.807, 2.05) is 26.8 Å². The lowest BCUT2D eigenvalue weighted by Gasteiger charge is -2.23. The fraction of sp³-hybridized carbons (Fsp3) is 0.545. The summed E-state index contributed by atoms with van der Waals surface area (Å²) in [5.41, 5.74) is 6.25. The monoisotopic (exact) mass is 294 g/mol. The third-order valence-electron chi connectivity index (χ3n) is 2.55. The molecule has 0 aromatic carbocycles. The Hall–Kier alpha value is -0.290. The average Bonchev–Trinajstić information content (AvgIpc) is 2.53. The lowest BCUT2D eigenvalue weighted by atomic mass is 10.0. The third-order valence-corrected chi connectivity index (χ3v) is 4.07. The zero-order valence-corrected chi connectivity index (χ0v) is 12.3. The van der Waals surface area contributed by atoms with Crippen molar-refractivity contribution >= 4 is 40.4 Å². The molecule has 0 radical (unpaired) electrons. The van der Waals surface area contributed by atoms with Crippen LogP contribution in [-0.2, 0) is 4.79 Å². The van der Waals surface area contributed by atoms with Crippen molar-refractivity contribution < 1.29 is 4.79 Å². The summed E-state index contributed by atoms with van der Waals surface area (Å²) in [6.45, 7) is 5.82. The first kappa shape index (κ1) is 14.8. The number of carbonyl (C=O) groups excluding carboxylic acids is 1. The molecule has 17 heavy (non-hydrogen) atoms. The molecule has 1 aromatic rings. The normalized spacial score (nSPS) is 14.9. The topological polar surface area (TPSA) is 55.1 Å². The highest BCUT2D eigenvalue weighted by molar-refractivity contribution is 7.20. The van der Waals surface area contributed by atoms with E-state index in [2.05, 4.69) is 5.32 Å². The molecule has 2 unspecified atom stereocenters. The van der Waals surface area contributed by atoms with Crippen LogP contribution >= 0.6 is 34.5 Å². The lowest BCUT2D eigenvalue weighted by molar-refractivity contribution is -0.121. The van der Waals surface area contributed by atoms with Gasteiger partial charge in [0.25, 0.3) is 0 Å². The first-order valence-corrected chi connectivity index (χ1v) is 6.90.